The summed E-state index contributed by atoms with van der Waals surface area (Å²) in [5.41, 5.74) is 2.10. The summed E-state index contributed by atoms with van der Waals surface area (Å²) in [6.07, 6.45) is 4.15. The number of carbonyl (C=O) groups is 1. The zero-order valence-electron chi connectivity index (χ0n) is 17.9. The van der Waals surface area contributed by atoms with E-state index < -0.39 is 0 Å². The number of aromatic nitrogens is 2. The number of nitrogens with zero attached hydrogens (tertiary/aromatic N) is 6. The second-order valence-electron chi connectivity index (χ2n) is 8.49. The molecule has 0 radical (unpaired) electrons. The highest BCUT2D eigenvalue weighted by molar-refractivity contribution is 7.09. The second-order valence-corrected chi connectivity index (χ2v) is 9.52. The first-order valence-electron chi connectivity index (χ1n) is 11.1. The fraction of sp³-hybridized carbons (Fsp3) is 0.478. The maximum atomic E-state index is 12.8. The standard InChI is InChI=1S/C23H30N6OS/c30-23(28-13-11-26(12-14-28)18-21-4-3-15-31-21)19-27-9-7-25(8-10-27)16-20-17-29-6-2-1-5-22(29)24-20/h1-6,15,17H,7-14,16,18-19H2. The molecule has 5 rings (SSSR count). The van der Waals surface area contributed by atoms with E-state index in [1.54, 1.807) is 0 Å². The Morgan fingerprint density at radius 1 is 0.871 bits per heavy atom. The van der Waals surface area contributed by atoms with E-state index >= 15 is 0 Å². The molecule has 5 heterocycles. The molecule has 8 heteroatoms. The van der Waals surface area contributed by atoms with Crippen molar-refractivity contribution in [1.29, 1.82) is 0 Å². The third kappa shape index (κ3) is 5.15. The number of imidazole rings is 1. The highest BCUT2D eigenvalue weighted by Gasteiger charge is 2.25. The molecule has 0 saturated carbocycles. The molecule has 2 aliphatic rings. The number of hydrogen-bond donors (Lipinski definition) is 0. The molecule has 3 aromatic heterocycles. The van der Waals surface area contributed by atoms with Crippen LogP contribution >= 0.6 is 11.3 Å². The smallest absolute Gasteiger partial charge is 0.236 e. The number of amides is 1. The van der Waals surface area contributed by atoms with E-state index in [9.17, 15) is 4.79 Å². The van der Waals surface area contributed by atoms with E-state index in [1.165, 1.54) is 4.88 Å². The molecule has 0 atom stereocenters. The van der Waals surface area contributed by atoms with Gasteiger partial charge in [0.05, 0.1) is 12.2 Å². The maximum Gasteiger partial charge on any atom is 0.236 e. The summed E-state index contributed by atoms with van der Waals surface area (Å²) in [5, 5.41) is 2.13. The van der Waals surface area contributed by atoms with Gasteiger partial charge in [-0.3, -0.25) is 19.5 Å². The van der Waals surface area contributed by atoms with Crippen LogP contribution in [0.4, 0.5) is 0 Å². The number of carbonyl (C=O) groups excluding carboxylic acids is 1. The zero-order chi connectivity index (χ0) is 21.0. The number of rotatable bonds is 6. The fourth-order valence-corrected chi connectivity index (χ4v) is 5.21. The maximum absolute atomic E-state index is 12.8. The highest BCUT2D eigenvalue weighted by atomic mass is 32.1. The van der Waals surface area contributed by atoms with Crippen LogP contribution in [0.1, 0.15) is 10.6 Å². The number of hydrogen-bond acceptors (Lipinski definition) is 6. The van der Waals surface area contributed by atoms with Crippen molar-refractivity contribution in [2.75, 3.05) is 58.9 Å². The van der Waals surface area contributed by atoms with Crippen LogP contribution in [0, 0.1) is 0 Å². The number of fused-ring (bicyclic) bond motifs is 1. The molecule has 0 aliphatic carbocycles. The quantitative estimate of drug-likeness (QED) is 0.588. The van der Waals surface area contributed by atoms with Crippen molar-refractivity contribution in [3.8, 4) is 0 Å². The lowest BCUT2D eigenvalue weighted by atomic mass is 10.2. The lowest BCUT2D eigenvalue weighted by molar-refractivity contribution is -0.134. The van der Waals surface area contributed by atoms with Gasteiger partial charge in [-0.05, 0) is 23.6 Å². The summed E-state index contributed by atoms with van der Waals surface area (Å²) in [6.45, 7) is 9.90. The predicted octanol–water partition coefficient (Wildman–Crippen LogP) is 1.86. The second kappa shape index (κ2) is 9.48. The van der Waals surface area contributed by atoms with Crippen molar-refractivity contribution in [2.45, 2.75) is 13.1 Å². The summed E-state index contributed by atoms with van der Waals surface area (Å²) in [4.78, 5) is 28.2. The molecule has 164 valence electrons. The normalized spacial score (nSPS) is 19.3. The van der Waals surface area contributed by atoms with Gasteiger partial charge in [0.15, 0.2) is 0 Å². The van der Waals surface area contributed by atoms with Crippen LogP contribution in [-0.4, -0.2) is 93.8 Å². The minimum Gasteiger partial charge on any atom is -0.339 e. The average molecular weight is 439 g/mol. The minimum atomic E-state index is 0.282. The molecule has 0 aromatic carbocycles. The summed E-state index contributed by atoms with van der Waals surface area (Å²) in [7, 11) is 0. The highest BCUT2D eigenvalue weighted by Crippen LogP contribution is 2.14. The molecule has 0 spiro atoms. The Balaban J connectivity index is 1.04. The summed E-state index contributed by atoms with van der Waals surface area (Å²) >= 11 is 1.81. The van der Waals surface area contributed by atoms with Crippen molar-refractivity contribution in [3.63, 3.8) is 0 Å². The third-order valence-corrected chi connectivity index (χ3v) is 7.17. The Bertz CT molecular complexity index is 954. The van der Waals surface area contributed by atoms with E-state index in [2.05, 4.69) is 42.8 Å². The summed E-state index contributed by atoms with van der Waals surface area (Å²) in [6, 6.07) is 10.4. The Hall–Kier alpha value is -2.26. The van der Waals surface area contributed by atoms with Gasteiger partial charge in [0.25, 0.3) is 0 Å². The van der Waals surface area contributed by atoms with Crippen molar-refractivity contribution in [2.24, 2.45) is 0 Å². The molecule has 0 bridgehead atoms. The van der Waals surface area contributed by atoms with Crippen LogP contribution in [0.25, 0.3) is 5.65 Å². The molecule has 1 amide bonds. The predicted molar refractivity (Wildman–Crippen MR) is 123 cm³/mol. The van der Waals surface area contributed by atoms with Crippen LogP contribution in [0.2, 0.25) is 0 Å². The Morgan fingerprint density at radius 3 is 2.35 bits per heavy atom. The molecular weight excluding hydrogens is 408 g/mol. The molecule has 2 aliphatic heterocycles. The van der Waals surface area contributed by atoms with E-state index in [4.69, 9.17) is 4.98 Å². The molecule has 2 saturated heterocycles. The Morgan fingerprint density at radius 2 is 1.61 bits per heavy atom. The van der Waals surface area contributed by atoms with Crippen LogP contribution in [0.15, 0.2) is 48.1 Å². The van der Waals surface area contributed by atoms with Crippen molar-refractivity contribution < 1.29 is 4.79 Å². The summed E-state index contributed by atoms with van der Waals surface area (Å²) < 4.78 is 2.07. The molecule has 2 fully saturated rings. The first kappa shape index (κ1) is 20.6. The first-order valence-corrected chi connectivity index (χ1v) is 12.0. The van der Waals surface area contributed by atoms with Gasteiger partial charge < -0.3 is 9.30 Å². The number of piperazine rings is 2. The van der Waals surface area contributed by atoms with Gasteiger partial charge in [-0.1, -0.05) is 12.1 Å². The van der Waals surface area contributed by atoms with Crippen molar-refractivity contribution in [3.05, 3.63) is 58.7 Å². The number of pyridine rings is 1. The Kier molecular flexibility index (Phi) is 6.31. The van der Waals surface area contributed by atoms with Gasteiger partial charge in [-0.2, -0.15) is 0 Å². The van der Waals surface area contributed by atoms with Crippen molar-refractivity contribution >= 4 is 22.9 Å². The topological polar surface area (TPSA) is 47.3 Å². The lowest BCUT2D eigenvalue weighted by Crippen LogP contribution is -2.53. The fourth-order valence-electron chi connectivity index (χ4n) is 4.47. The third-order valence-electron chi connectivity index (χ3n) is 6.31. The van der Waals surface area contributed by atoms with E-state index in [-0.39, 0.29) is 5.91 Å². The van der Waals surface area contributed by atoms with Gasteiger partial charge in [-0.25, -0.2) is 4.98 Å². The molecule has 0 N–H and O–H groups in total. The summed E-state index contributed by atoms with van der Waals surface area (Å²) in [5.74, 6) is 0.282. The molecule has 31 heavy (non-hydrogen) atoms. The van der Waals surface area contributed by atoms with Gasteiger partial charge in [-0.15, -0.1) is 11.3 Å². The van der Waals surface area contributed by atoms with Crippen LogP contribution in [0.3, 0.4) is 0 Å². The molecular formula is C23H30N6OS. The van der Waals surface area contributed by atoms with E-state index in [0.29, 0.717) is 6.54 Å². The molecule has 3 aromatic rings. The monoisotopic (exact) mass is 438 g/mol. The van der Waals surface area contributed by atoms with Gasteiger partial charge in [0.2, 0.25) is 5.91 Å². The van der Waals surface area contributed by atoms with E-state index in [1.807, 2.05) is 40.6 Å². The van der Waals surface area contributed by atoms with Crippen molar-refractivity contribution in [1.82, 2.24) is 29.0 Å². The molecule has 7 nitrogen and oxygen atoms in total. The van der Waals surface area contributed by atoms with Gasteiger partial charge in [0, 0.05) is 82.7 Å². The SMILES string of the molecule is O=C(CN1CCN(Cc2cn3ccccc3n2)CC1)N1CCN(Cc2cccs2)CC1. The minimum absolute atomic E-state index is 0.282. The first-order chi connectivity index (χ1) is 15.2. The Labute approximate surface area is 187 Å². The largest absolute Gasteiger partial charge is 0.339 e. The zero-order valence-corrected chi connectivity index (χ0v) is 18.7. The van der Waals surface area contributed by atoms with Crippen LogP contribution in [0.5, 0.6) is 0 Å². The van der Waals surface area contributed by atoms with Gasteiger partial charge >= 0.3 is 0 Å². The number of thiophene rings is 1. The van der Waals surface area contributed by atoms with Crippen LogP contribution in [-0.2, 0) is 17.9 Å². The van der Waals surface area contributed by atoms with Gasteiger partial charge in [0.1, 0.15) is 5.65 Å². The van der Waals surface area contributed by atoms with Crippen LogP contribution < -0.4 is 0 Å². The lowest BCUT2D eigenvalue weighted by Gasteiger charge is -2.37. The van der Waals surface area contributed by atoms with E-state index in [0.717, 1.165) is 76.8 Å². The average Bonchev–Trinajstić information content (AvgIpc) is 3.45. The molecule has 0 unspecified atom stereocenters.